The number of nitrogens with zero attached hydrogens (tertiary/aromatic N) is 1. The molecule has 0 aromatic carbocycles. The highest BCUT2D eigenvalue weighted by atomic mass is 32.2. The number of hydrogen-bond acceptors (Lipinski definition) is 3. The molecule has 2 unspecified atom stereocenters. The van der Waals surface area contributed by atoms with Crippen LogP contribution in [0, 0.1) is 0 Å². The van der Waals surface area contributed by atoms with E-state index in [2.05, 4.69) is 11.6 Å². The maximum absolute atomic E-state index is 12.3. The summed E-state index contributed by atoms with van der Waals surface area (Å²) in [4.78, 5) is 1.53. The summed E-state index contributed by atoms with van der Waals surface area (Å²) in [6.45, 7) is 0.373. The van der Waals surface area contributed by atoms with Crippen LogP contribution in [0.15, 0.2) is 0 Å². The Morgan fingerprint density at radius 3 is 2.35 bits per heavy atom. The van der Waals surface area contributed by atoms with Crippen LogP contribution in [0.25, 0.3) is 0 Å². The fourth-order valence-electron chi connectivity index (χ4n) is 3.38. The fraction of sp³-hybridized carbons (Fsp3) is 1.00. The van der Waals surface area contributed by atoms with E-state index in [0.29, 0.717) is 30.4 Å². The predicted molar refractivity (Wildman–Crippen MR) is 78.2 cm³/mol. The molecule has 1 saturated heterocycles. The lowest BCUT2D eigenvalue weighted by Gasteiger charge is -2.38. The normalized spacial score (nSPS) is 30.6. The minimum atomic E-state index is -4.06. The Bertz CT molecular complexity index is 291. The van der Waals surface area contributed by atoms with E-state index in [-0.39, 0.29) is 0 Å². The maximum Gasteiger partial charge on any atom is 0.401 e. The molecule has 0 aromatic rings. The van der Waals surface area contributed by atoms with E-state index in [1.165, 1.54) is 30.6 Å². The van der Waals surface area contributed by atoms with Crippen molar-refractivity contribution in [1.29, 1.82) is 0 Å². The zero-order chi connectivity index (χ0) is 14.6. The topological polar surface area (TPSA) is 15.3 Å². The summed E-state index contributed by atoms with van der Waals surface area (Å²) in [5.74, 6) is 0. The fourth-order valence-corrected chi connectivity index (χ4v) is 4.33. The van der Waals surface area contributed by atoms with E-state index in [4.69, 9.17) is 0 Å². The zero-order valence-electron chi connectivity index (χ0n) is 12.1. The van der Waals surface area contributed by atoms with Gasteiger partial charge in [-0.15, -0.1) is 0 Å². The van der Waals surface area contributed by atoms with Crippen molar-refractivity contribution in [2.24, 2.45) is 0 Å². The Kier molecular flexibility index (Phi) is 6.05. The molecule has 1 aliphatic carbocycles. The van der Waals surface area contributed by atoms with Gasteiger partial charge in [0, 0.05) is 17.3 Å². The van der Waals surface area contributed by atoms with Gasteiger partial charge in [-0.25, -0.2) is 0 Å². The van der Waals surface area contributed by atoms with Gasteiger partial charge in [-0.3, -0.25) is 4.90 Å². The Morgan fingerprint density at radius 1 is 1.10 bits per heavy atom. The third-order valence-corrected chi connectivity index (χ3v) is 5.62. The van der Waals surface area contributed by atoms with Crippen molar-refractivity contribution in [3.8, 4) is 0 Å². The highest BCUT2D eigenvalue weighted by molar-refractivity contribution is 7.99. The summed E-state index contributed by atoms with van der Waals surface area (Å²) in [6.07, 6.45) is 4.86. The van der Waals surface area contributed by atoms with Crippen LogP contribution in [0.2, 0.25) is 0 Å². The molecular weight excluding hydrogens is 285 g/mol. The van der Waals surface area contributed by atoms with E-state index in [0.717, 1.165) is 12.8 Å². The Labute approximate surface area is 123 Å². The molecule has 2 atom stereocenters. The molecule has 20 heavy (non-hydrogen) atoms. The van der Waals surface area contributed by atoms with Crippen molar-refractivity contribution in [3.63, 3.8) is 0 Å². The number of nitrogens with one attached hydrogen (secondary N) is 1. The first-order valence-electron chi connectivity index (χ1n) is 7.56. The molecule has 2 aliphatic rings. The zero-order valence-corrected chi connectivity index (χ0v) is 12.9. The van der Waals surface area contributed by atoms with Crippen LogP contribution in [0.4, 0.5) is 13.2 Å². The number of halogens is 3. The van der Waals surface area contributed by atoms with E-state index >= 15 is 0 Å². The number of hydrogen-bond donors (Lipinski definition) is 1. The second-order valence-electron chi connectivity index (χ2n) is 6.00. The van der Waals surface area contributed by atoms with Crippen molar-refractivity contribution in [3.05, 3.63) is 0 Å². The monoisotopic (exact) mass is 310 g/mol. The molecule has 6 heteroatoms. The summed E-state index contributed by atoms with van der Waals surface area (Å²) in [5, 5.41) is 4.39. The molecule has 0 bridgehead atoms. The number of likely N-dealkylation sites (tertiary alicyclic amines) is 1. The Morgan fingerprint density at radius 2 is 1.75 bits per heavy atom. The standard InChI is InChI=1S/C14H25F3N2S/c1-20-13-5-3-2-4-12(13)18-11-6-8-19(9-7-11)10-14(15,16)17/h11-13,18H,2-10H2,1H3. The van der Waals surface area contributed by atoms with Gasteiger partial charge in [0.25, 0.3) is 0 Å². The molecule has 1 aliphatic heterocycles. The van der Waals surface area contributed by atoms with Gasteiger partial charge in [-0.1, -0.05) is 12.8 Å². The largest absolute Gasteiger partial charge is 0.401 e. The second-order valence-corrected chi connectivity index (χ2v) is 7.07. The molecule has 0 amide bonds. The van der Waals surface area contributed by atoms with Crippen LogP contribution in [0.1, 0.15) is 38.5 Å². The van der Waals surface area contributed by atoms with Crippen LogP contribution in [0.5, 0.6) is 0 Å². The van der Waals surface area contributed by atoms with Crippen molar-refractivity contribution >= 4 is 11.8 Å². The lowest BCUT2D eigenvalue weighted by atomic mass is 9.93. The molecule has 118 valence electrons. The predicted octanol–water partition coefficient (Wildman–Crippen LogP) is 3.28. The molecule has 0 spiro atoms. The van der Waals surface area contributed by atoms with Crippen LogP contribution in [-0.4, -0.2) is 54.3 Å². The minimum Gasteiger partial charge on any atom is -0.310 e. The number of rotatable bonds is 4. The third kappa shape index (κ3) is 5.11. The summed E-state index contributed by atoms with van der Waals surface area (Å²) < 4.78 is 37.0. The van der Waals surface area contributed by atoms with Gasteiger partial charge in [-0.05, 0) is 45.0 Å². The van der Waals surface area contributed by atoms with Gasteiger partial charge in [0.15, 0.2) is 0 Å². The molecule has 2 nitrogen and oxygen atoms in total. The van der Waals surface area contributed by atoms with Gasteiger partial charge >= 0.3 is 6.18 Å². The van der Waals surface area contributed by atoms with Crippen molar-refractivity contribution in [2.45, 2.75) is 62.0 Å². The van der Waals surface area contributed by atoms with Crippen LogP contribution in [-0.2, 0) is 0 Å². The molecule has 1 heterocycles. The van der Waals surface area contributed by atoms with Crippen molar-refractivity contribution in [2.75, 3.05) is 25.9 Å². The molecule has 0 radical (unpaired) electrons. The number of thioether (sulfide) groups is 1. The van der Waals surface area contributed by atoms with Gasteiger partial charge in [0.05, 0.1) is 6.54 Å². The third-order valence-electron chi connectivity index (χ3n) is 4.45. The quantitative estimate of drug-likeness (QED) is 0.858. The van der Waals surface area contributed by atoms with Gasteiger partial charge < -0.3 is 5.32 Å². The first kappa shape index (κ1) is 16.4. The molecule has 1 N–H and O–H groups in total. The SMILES string of the molecule is CSC1CCCCC1NC1CCN(CC(F)(F)F)CC1. The van der Waals surface area contributed by atoms with Gasteiger partial charge in [0.2, 0.25) is 0 Å². The van der Waals surface area contributed by atoms with Crippen LogP contribution in [0.3, 0.4) is 0 Å². The first-order chi connectivity index (χ1) is 9.48. The smallest absolute Gasteiger partial charge is 0.310 e. The van der Waals surface area contributed by atoms with E-state index in [9.17, 15) is 13.2 Å². The summed E-state index contributed by atoms with van der Waals surface area (Å²) >= 11 is 1.93. The lowest BCUT2D eigenvalue weighted by molar-refractivity contribution is -0.148. The van der Waals surface area contributed by atoms with E-state index in [1.54, 1.807) is 0 Å². The number of alkyl halides is 3. The maximum atomic E-state index is 12.3. The summed E-state index contributed by atoms with van der Waals surface area (Å²) in [7, 11) is 0. The van der Waals surface area contributed by atoms with Crippen LogP contribution >= 0.6 is 11.8 Å². The first-order valence-corrected chi connectivity index (χ1v) is 8.84. The van der Waals surface area contributed by atoms with Gasteiger partial charge in [0.1, 0.15) is 0 Å². The minimum absolute atomic E-state index is 0.400. The van der Waals surface area contributed by atoms with Crippen LogP contribution < -0.4 is 5.32 Å². The Hall–Kier alpha value is 0.0600. The lowest BCUT2D eigenvalue weighted by Crippen LogP contribution is -2.51. The summed E-state index contributed by atoms with van der Waals surface area (Å²) in [5.41, 5.74) is 0. The van der Waals surface area contributed by atoms with Crippen molar-refractivity contribution in [1.82, 2.24) is 10.2 Å². The highest BCUT2D eigenvalue weighted by Crippen LogP contribution is 2.28. The van der Waals surface area contributed by atoms with E-state index < -0.39 is 12.7 Å². The average Bonchev–Trinajstić information content (AvgIpc) is 2.40. The number of piperidine rings is 1. The summed E-state index contributed by atoms with van der Waals surface area (Å²) in [6, 6.07) is 0.954. The molecule has 1 saturated carbocycles. The Balaban J connectivity index is 1.73. The van der Waals surface area contributed by atoms with E-state index in [1.807, 2.05) is 11.8 Å². The molecule has 2 fully saturated rings. The molecule has 0 aromatic heterocycles. The highest BCUT2D eigenvalue weighted by Gasteiger charge is 2.33. The van der Waals surface area contributed by atoms with Gasteiger partial charge in [-0.2, -0.15) is 24.9 Å². The second kappa shape index (κ2) is 7.36. The molecular formula is C14H25F3N2S. The average molecular weight is 310 g/mol. The van der Waals surface area contributed by atoms with Crippen molar-refractivity contribution < 1.29 is 13.2 Å². The molecule has 2 rings (SSSR count).